The first-order valence-corrected chi connectivity index (χ1v) is 9.17. The van der Waals surface area contributed by atoms with Crippen LogP contribution in [0.2, 0.25) is 0 Å². The van der Waals surface area contributed by atoms with Crippen LogP contribution < -0.4 is 4.90 Å². The smallest absolute Gasteiger partial charge is 0.129 e. The normalized spacial score (nSPS) is 10.2. The molecule has 0 amide bonds. The molecule has 0 aliphatic heterocycles. The number of nitriles is 2. The van der Waals surface area contributed by atoms with Gasteiger partial charge in [-0.3, -0.25) is 0 Å². The molecule has 3 aromatic carbocycles. The van der Waals surface area contributed by atoms with Gasteiger partial charge in [0, 0.05) is 34.4 Å². The standard InChI is InChI=1S/C22H14BrF2N3/c23-19-2-1-3-20(10-19)28(13-17-6-4-15(11-26)8-21(17)24)14-18-7-5-16(12-27)9-22(18)25/h1-10H,13-14H2. The molecule has 0 saturated heterocycles. The summed E-state index contributed by atoms with van der Waals surface area (Å²) < 4.78 is 29.7. The van der Waals surface area contributed by atoms with Crippen molar-refractivity contribution in [3.05, 3.63) is 99.0 Å². The summed E-state index contributed by atoms with van der Waals surface area (Å²) in [5, 5.41) is 17.8. The molecule has 3 aromatic rings. The van der Waals surface area contributed by atoms with E-state index >= 15 is 0 Å². The minimum Gasteiger partial charge on any atom is -0.363 e. The molecule has 0 spiro atoms. The summed E-state index contributed by atoms with van der Waals surface area (Å²) in [6.07, 6.45) is 0. The molecular formula is C22H14BrF2N3. The van der Waals surface area contributed by atoms with Gasteiger partial charge < -0.3 is 4.90 Å². The third-order valence-electron chi connectivity index (χ3n) is 4.26. The van der Waals surface area contributed by atoms with Gasteiger partial charge in [-0.05, 0) is 42.5 Å². The lowest BCUT2D eigenvalue weighted by molar-refractivity contribution is 0.591. The van der Waals surface area contributed by atoms with E-state index in [0.29, 0.717) is 11.1 Å². The zero-order valence-corrected chi connectivity index (χ0v) is 16.2. The zero-order valence-electron chi connectivity index (χ0n) is 14.7. The van der Waals surface area contributed by atoms with Crippen LogP contribution in [0.5, 0.6) is 0 Å². The van der Waals surface area contributed by atoms with E-state index in [0.717, 1.165) is 10.2 Å². The predicted octanol–water partition coefficient (Wildman–Crippen LogP) is 5.68. The number of hydrogen-bond donors (Lipinski definition) is 0. The second kappa shape index (κ2) is 8.65. The largest absolute Gasteiger partial charge is 0.363 e. The van der Waals surface area contributed by atoms with Crippen molar-refractivity contribution in [2.24, 2.45) is 0 Å². The van der Waals surface area contributed by atoms with Crippen LogP contribution in [-0.4, -0.2) is 0 Å². The average molecular weight is 438 g/mol. The fourth-order valence-corrected chi connectivity index (χ4v) is 3.20. The Balaban J connectivity index is 1.96. The second-order valence-electron chi connectivity index (χ2n) is 6.17. The van der Waals surface area contributed by atoms with Crippen LogP contribution in [0.25, 0.3) is 0 Å². The van der Waals surface area contributed by atoms with Gasteiger partial charge >= 0.3 is 0 Å². The lowest BCUT2D eigenvalue weighted by atomic mass is 10.1. The van der Waals surface area contributed by atoms with Crippen molar-refractivity contribution in [1.82, 2.24) is 0 Å². The van der Waals surface area contributed by atoms with Crippen LogP contribution in [0.4, 0.5) is 14.5 Å². The topological polar surface area (TPSA) is 50.8 Å². The molecule has 3 nitrogen and oxygen atoms in total. The summed E-state index contributed by atoms with van der Waals surface area (Å²) in [6.45, 7) is 0.376. The molecule has 0 N–H and O–H groups in total. The fourth-order valence-electron chi connectivity index (χ4n) is 2.81. The number of halogens is 3. The van der Waals surface area contributed by atoms with E-state index in [1.165, 1.54) is 12.1 Å². The van der Waals surface area contributed by atoms with E-state index in [9.17, 15) is 8.78 Å². The van der Waals surface area contributed by atoms with E-state index in [1.54, 1.807) is 24.3 Å². The van der Waals surface area contributed by atoms with Crippen molar-refractivity contribution in [2.75, 3.05) is 4.90 Å². The highest BCUT2D eigenvalue weighted by Crippen LogP contribution is 2.25. The van der Waals surface area contributed by atoms with Gasteiger partial charge in [0.25, 0.3) is 0 Å². The Morgan fingerprint density at radius 1 is 0.786 bits per heavy atom. The molecule has 0 heterocycles. The molecule has 0 bridgehead atoms. The quantitative estimate of drug-likeness (QED) is 0.515. The Labute approximate surface area is 170 Å². The number of anilines is 1. The molecular weight excluding hydrogens is 424 g/mol. The molecule has 0 aliphatic rings. The molecule has 28 heavy (non-hydrogen) atoms. The lowest BCUT2D eigenvalue weighted by Gasteiger charge is -2.26. The van der Waals surface area contributed by atoms with E-state index in [-0.39, 0.29) is 24.2 Å². The van der Waals surface area contributed by atoms with Crippen LogP contribution >= 0.6 is 15.9 Å². The van der Waals surface area contributed by atoms with E-state index in [2.05, 4.69) is 15.9 Å². The number of hydrogen-bond acceptors (Lipinski definition) is 3. The Morgan fingerprint density at radius 3 is 1.75 bits per heavy atom. The van der Waals surface area contributed by atoms with Crippen molar-refractivity contribution < 1.29 is 8.78 Å². The number of nitrogens with zero attached hydrogens (tertiary/aromatic N) is 3. The van der Waals surface area contributed by atoms with Gasteiger partial charge in [0.2, 0.25) is 0 Å². The van der Waals surface area contributed by atoms with Crippen molar-refractivity contribution in [3.63, 3.8) is 0 Å². The van der Waals surface area contributed by atoms with Crippen molar-refractivity contribution >= 4 is 21.6 Å². The molecule has 3 rings (SSSR count). The van der Waals surface area contributed by atoms with Crippen LogP contribution in [-0.2, 0) is 13.1 Å². The highest BCUT2D eigenvalue weighted by atomic mass is 79.9. The summed E-state index contributed by atoms with van der Waals surface area (Å²) >= 11 is 3.42. The van der Waals surface area contributed by atoms with Crippen molar-refractivity contribution in [2.45, 2.75) is 13.1 Å². The Hall–Kier alpha value is -3.22. The molecule has 0 saturated carbocycles. The molecule has 0 aliphatic carbocycles. The molecule has 0 radical (unpaired) electrons. The second-order valence-corrected chi connectivity index (χ2v) is 7.09. The van der Waals surface area contributed by atoms with E-state index in [1.807, 2.05) is 41.3 Å². The van der Waals surface area contributed by atoms with Gasteiger partial charge in [0.05, 0.1) is 23.3 Å². The maximum Gasteiger partial charge on any atom is 0.129 e. The fraction of sp³-hybridized carbons (Fsp3) is 0.0909. The third-order valence-corrected chi connectivity index (χ3v) is 4.75. The minimum atomic E-state index is -0.487. The highest BCUT2D eigenvalue weighted by Gasteiger charge is 2.15. The Kier molecular flexibility index (Phi) is 6.03. The average Bonchev–Trinajstić information content (AvgIpc) is 2.70. The van der Waals surface area contributed by atoms with Crippen molar-refractivity contribution in [3.8, 4) is 12.1 Å². The SMILES string of the molecule is N#Cc1ccc(CN(Cc2ccc(C#N)cc2F)c2cccc(Br)c2)c(F)c1. The molecule has 6 heteroatoms. The number of benzene rings is 3. The van der Waals surface area contributed by atoms with Crippen LogP contribution in [0.15, 0.2) is 65.1 Å². The Bertz CT molecular complexity index is 1030. The third kappa shape index (κ3) is 4.54. The first-order chi connectivity index (χ1) is 13.5. The highest BCUT2D eigenvalue weighted by molar-refractivity contribution is 9.10. The van der Waals surface area contributed by atoms with Gasteiger partial charge in [0.15, 0.2) is 0 Å². The summed E-state index contributed by atoms with van der Waals surface area (Å²) in [5.41, 5.74) is 2.06. The maximum absolute atomic E-state index is 14.4. The van der Waals surface area contributed by atoms with Gasteiger partial charge in [-0.25, -0.2) is 8.78 Å². The molecule has 0 unspecified atom stereocenters. The maximum atomic E-state index is 14.4. The van der Waals surface area contributed by atoms with Gasteiger partial charge in [-0.15, -0.1) is 0 Å². The van der Waals surface area contributed by atoms with Gasteiger partial charge in [-0.1, -0.05) is 34.1 Å². The van der Waals surface area contributed by atoms with E-state index < -0.39 is 11.6 Å². The molecule has 0 aromatic heterocycles. The summed E-state index contributed by atoms with van der Waals surface area (Å²) in [6, 6.07) is 19.9. The monoisotopic (exact) mass is 437 g/mol. The number of rotatable bonds is 5. The van der Waals surface area contributed by atoms with Crippen molar-refractivity contribution in [1.29, 1.82) is 10.5 Å². The van der Waals surface area contributed by atoms with Gasteiger partial charge in [-0.2, -0.15) is 10.5 Å². The predicted molar refractivity (Wildman–Crippen MR) is 106 cm³/mol. The lowest BCUT2D eigenvalue weighted by Crippen LogP contribution is -2.23. The zero-order chi connectivity index (χ0) is 20.1. The van der Waals surface area contributed by atoms with Gasteiger partial charge in [0.1, 0.15) is 11.6 Å². The van der Waals surface area contributed by atoms with Crippen LogP contribution in [0.3, 0.4) is 0 Å². The molecule has 0 atom stereocenters. The molecule has 0 fully saturated rings. The first-order valence-electron chi connectivity index (χ1n) is 8.37. The first kappa shape index (κ1) is 19.5. The molecule has 138 valence electrons. The summed E-state index contributed by atoms with van der Waals surface area (Å²) in [4.78, 5) is 1.83. The minimum absolute atomic E-state index is 0.188. The Morgan fingerprint density at radius 2 is 1.32 bits per heavy atom. The van der Waals surface area contributed by atoms with E-state index in [4.69, 9.17) is 10.5 Å². The van der Waals surface area contributed by atoms with Crippen LogP contribution in [0.1, 0.15) is 22.3 Å². The summed E-state index contributed by atoms with van der Waals surface area (Å²) in [5.74, 6) is -0.973. The summed E-state index contributed by atoms with van der Waals surface area (Å²) in [7, 11) is 0. The van der Waals surface area contributed by atoms with Crippen LogP contribution in [0, 0.1) is 34.3 Å².